The van der Waals surface area contributed by atoms with Crippen LogP contribution < -0.4 is 27.6 Å². The third-order valence-corrected chi connectivity index (χ3v) is 2.87. The van der Waals surface area contributed by atoms with Crippen LogP contribution in [0.15, 0.2) is 9.59 Å². The molecule has 8 nitrogen and oxygen atoms in total. The Hall–Kier alpha value is -2.25. The van der Waals surface area contributed by atoms with Crippen molar-refractivity contribution in [1.29, 1.82) is 0 Å². The molecule has 0 spiro atoms. The Morgan fingerprint density at radius 1 is 1.33 bits per heavy atom. The lowest BCUT2D eigenvalue weighted by molar-refractivity contribution is -0.122. The van der Waals surface area contributed by atoms with E-state index in [0.29, 0.717) is 13.0 Å². The summed E-state index contributed by atoms with van der Waals surface area (Å²) in [6, 6.07) is -0.658. The Labute approximate surface area is 122 Å². The van der Waals surface area contributed by atoms with Crippen molar-refractivity contribution in [3.8, 4) is 0 Å². The molecule has 1 amide bonds. The van der Waals surface area contributed by atoms with Crippen molar-refractivity contribution in [3.05, 3.63) is 20.8 Å². The van der Waals surface area contributed by atoms with Gasteiger partial charge in [-0.3, -0.25) is 19.1 Å². The highest BCUT2D eigenvalue weighted by atomic mass is 16.2. The predicted octanol–water partition coefficient (Wildman–Crippen LogP) is -0.146. The number of anilines is 2. The minimum absolute atomic E-state index is 0.00794. The van der Waals surface area contributed by atoms with Crippen molar-refractivity contribution in [3.63, 3.8) is 0 Å². The number of hydrogen-bond donors (Lipinski definition) is 4. The van der Waals surface area contributed by atoms with Gasteiger partial charge in [-0.1, -0.05) is 6.92 Å². The van der Waals surface area contributed by atoms with Crippen LogP contribution in [0.2, 0.25) is 0 Å². The first-order chi connectivity index (χ1) is 9.77. The van der Waals surface area contributed by atoms with E-state index in [9.17, 15) is 14.4 Å². The van der Waals surface area contributed by atoms with Crippen LogP contribution in [0, 0.1) is 0 Å². The first kappa shape index (κ1) is 16.8. The molecule has 0 fully saturated rings. The van der Waals surface area contributed by atoms with Gasteiger partial charge in [0.15, 0.2) is 0 Å². The molecule has 1 rings (SSSR count). The first-order valence-corrected chi connectivity index (χ1v) is 6.97. The van der Waals surface area contributed by atoms with E-state index >= 15 is 0 Å². The van der Waals surface area contributed by atoms with Crippen LogP contribution in [-0.2, 0) is 11.3 Å². The van der Waals surface area contributed by atoms with Gasteiger partial charge in [0.2, 0.25) is 5.91 Å². The number of nitrogens with two attached hydrogens (primary N) is 1. The monoisotopic (exact) mass is 297 g/mol. The smallest absolute Gasteiger partial charge is 0.330 e. The number of rotatable bonds is 6. The fraction of sp³-hybridized carbons (Fsp3) is 0.615. The van der Waals surface area contributed by atoms with E-state index in [2.05, 4.69) is 15.6 Å². The van der Waals surface area contributed by atoms with Crippen LogP contribution in [0.1, 0.15) is 34.1 Å². The summed E-state index contributed by atoms with van der Waals surface area (Å²) in [5.41, 5.74) is 4.72. The van der Waals surface area contributed by atoms with Crippen molar-refractivity contribution in [1.82, 2.24) is 14.9 Å². The number of nitrogens with zero attached hydrogens (tertiary/aromatic N) is 1. The topological polar surface area (TPSA) is 122 Å². The molecular formula is C13H23N5O3. The molecular weight excluding hydrogens is 274 g/mol. The number of hydrogen-bond acceptors (Lipinski definition) is 5. The minimum atomic E-state index is -0.650. The van der Waals surface area contributed by atoms with E-state index in [4.69, 9.17) is 5.73 Å². The molecule has 0 aromatic carbocycles. The Bertz CT molecular complexity index is 617. The SMILES string of the molecule is CCCn1c(N)c(NC(C)C(=O)NC(C)C)c(=O)[nH]c1=O. The maximum absolute atomic E-state index is 11.9. The quantitative estimate of drug-likeness (QED) is 0.582. The molecule has 0 aliphatic rings. The minimum Gasteiger partial charge on any atom is -0.383 e. The lowest BCUT2D eigenvalue weighted by Gasteiger charge is -2.18. The maximum Gasteiger partial charge on any atom is 0.330 e. The fourth-order valence-corrected chi connectivity index (χ4v) is 1.86. The normalized spacial score (nSPS) is 12.2. The summed E-state index contributed by atoms with van der Waals surface area (Å²) in [6.07, 6.45) is 0.693. The molecule has 8 heteroatoms. The second-order valence-electron chi connectivity index (χ2n) is 5.20. The molecule has 1 aromatic rings. The van der Waals surface area contributed by atoms with Crippen LogP contribution in [0.4, 0.5) is 11.5 Å². The number of amides is 1. The number of carbonyl (C=O) groups is 1. The number of carbonyl (C=O) groups excluding carboxylic acids is 1. The summed E-state index contributed by atoms with van der Waals surface area (Å²) >= 11 is 0. The number of aromatic amines is 1. The molecule has 0 bridgehead atoms. The average molecular weight is 297 g/mol. The van der Waals surface area contributed by atoms with E-state index in [0.717, 1.165) is 0 Å². The zero-order valence-corrected chi connectivity index (χ0v) is 12.8. The van der Waals surface area contributed by atoms with Gasteiger partial charge in [0.1, 0.15) is 17.5 Å². The largest absolute Gasteiger partial charge is 0.383 e. The maximum atomic E-state index is 11.9. The molecule has 0 saturated heterocycles. The van der Waals surface area contributed by atoms with Gasteiger partial charge in [-0.15, -0.1) is 0 Å². The number of nitrogens with one attached hydrogen (secondary N) is 3. The third-order valence-electron chi connectivity index (χ3n) is 2.87. The molecule has 1 unspecified atom stereocenters. The Morgan fingerprint density at radius 3 is 2.48 bits per heavy atom. The Balaban J connectivity index is 3.08. The molecule has 118 valence electrons. The lowest BCUT2D eigenvalue weighted by Crippen LogP contribution is -2.43. The number of aromatic nitrogens is 2. The summed E-state index contributed by atoms with van der Waals surface area (Å²) in [4.78, 5) is 37.6. The zero-order valence-electron chi connectivity index (χ0n) is 12.8. The van der Waals surface area contributed by atoms with Crippen molar-refractivity contribution in [2.75, 3.05) is 11.1 Å². The van der Waals surface area contributed by atoms with Crippen LogP contribution in [0.25, 0.3) is 0 Å². The van der Waals surface area contributed by atoms with Crippen molar-refractivity contribution in [2.45, 2.75) is 52.7 Å². The molecule has 0 saturated carbocycles. The summed E-state index contributed by atoms with van der Waals surface area (Å²) < 4.78 is 1.27. The Morgan fingerprint density at radius 2 is 1.95 bits per heavy atom. The number of H-pyrrole nitrogens is 1. The first-order valence-electron chi connectivity index (χ1n) is 6.97. The van der Waals surface area contributed by atoms with E-state index in [1.807, 2.05) is 20.8 Å². The van der Waals surface area contributed by atoms with Gasteiger partial charge in [0, 0.05) is 12.6 Å². The highest BCUT2D eigenvalue weighted by molar-refractivity contribution is 5.85. The molecule has 21 heavy (non-hydrogen) atoms. The summed E-state index contributed by atoms with van der Waals surface area (Å²) in [7, 11) is 0. The summed E-state index contributed by atoms with van der Waals surface area (Å²) in [5.74, 6) is -0.216. The fourth-order valence-electron chi connectivity index (χ4n) is 1.86. The van der Waals surface area contributed by atoms with Crippen LogP contribution in [-0.4, -0.2) is 27.5 Å². The van der Waals surface area contributed by atoms with Gasteiger partial charge in [-0.25, -0.2) is 4.79 Å². The summed E-state index contributed by atoms with van der Waals surface area (Å²) in [6.45, 7) is 7.58. The highest BCUT2D eigenvalue weighted by Crippen LogP contribution is 2.11. The molecule has 1 aromatic heterocycles. The van der Waals surface area contributed by atoms with Crippen molar-refractivity contribution in [2.24, 2.45) is 0 Å². The second-order valence-corrected chi connectivity index (χ2v) is 5.20. The van der Waals surface area contributed by atoms with Gasteiger partial charge in [0.05, 0.1) is 0 Å². The average Bonchev–Trinajstić information content (AvgIpc) is 2.38. The third kappa shape index (κ3) is 4.11. The van der Waals surface area contributed by atoms with Crippen LogP contribution in [0.3, 0.4) is 0 Å². The molecule has 0 aliphatic heterocycles. The molecule has 0 radical (unpaired) electrons. The zero-order chi connectivity index (χ0) is 16.2. The highest BCUT2D eigenvalue weighted by Gasteiger charge is 2.18. The lowest BCUT2D eigenvalue weighted by atomic mass is 10.2. The van der Waals surface area contributed by atoms with Gasteiger partial charge in [0.25, 0.3) is 5.56 Å². The van der Waals surface area contributed by atoms with E-state index in [1.54, 1.807) is 6.92 Å². The van der Waals surface area contributed by atoms with E-state index in [1.165, 1.54) is 4.57 Å². The van der Waals surface area contributed by atoms with E-state index in [-0.39, 0.29) is 23.5 Å². The van der Waals surface area contributed by atoms with Crippen LogP contribution >= 0.6 is 0 Å². The molecule has 5 N–H and O–H groups in total. The van der Waals surface area contributed by atoms with Crippen molar-refractivity contribution >= 4 is 17.4 Å². The van der Waals surface area contributed by atoms with E-state index < -0.39 is 17.3 Å². The number of nitrogen functional groups attached to an aromatic ring is 1. The summed E-state index contributed by atoms with van der Waals surface area (Å²) in [5, 5.41) is 5.50. The molecule has 1 atom stereocenters. The predicted molar refractivity (Wildman–Crippen MR) is 82.4 cm³/mol. The van der Waals surface area contributed by atoms with Crippen LogP contribution in [0.5, 0.6) is 0 Å². The molecule has 1 heterocycles. The second kappa shape index (κ2) is 6.96. The Kier molecular flexibility index (Phi) is 5.57. The molecule has 0 aliphatic carbocycles. The van der Waals surface area contributed by atoms with Gasteiger partial charge >= 0.3 is 5.69 Å². The standard InChI is InChI=1S/C13H23N5O3/c1-5-6-18-10(14)9(12(20)17-13(18)21)16-8(4)11(19)15-7(2)3/h7-8,16H,5-6,14H2,1-4H3,(H,15,19)(H,17,20,21). The van der Waals surface area contributed by atoms with Gasteiger partial charge < -0.3 is 16.4 Å². The van der Waals surface area contributed by atoms with Crippen molar-refractivity contribution < 1.29 is 4.79 Å². The van der Waals surface area contributed by atoms with Gasteiger partial charge in [-0.05, 0) is 27.2 Å². The van der Waals surface area contributed by atoms with Gasteiger partial charge in [-0.2, -0.15) is 0 Å².